The number of nitrogens with two attached hydrogens (primary N) is 1. The first kappa shape index (κ1) is 11.7. The third kappa shape index (κ3) is 2.88. The van der Waals surface area contributed by atoms with Crippen LogP contribution in [0.4, 0.5) is 0 Å². The van der Waals surface area contributed by atoms with Gasteiger partial charge < -0.3 is 5.73 Å². The minimum absolute atomic E-state index is 0.0235. The molecule has 88 valence electrons. The van der Waals surface area contributed by atoms with Gasteiger partial charge in [0, 0.05) is 30.8 Å². The molecule has 0 aliphatic rings. The van der Waals surface area contributed by atoms with Crippen LogP contribution in [0.25, 0.3) is 0 Å². The van der Waals surface area contributed by atoms with Crippen LogP contribution in [0.5, 0.6) is 0 Å². The van der Waals surface area contributed by atoms with Crippen LogP contribution in [0.2, 0.25) is 0 Å². The Bertz CT molecular complexity index is 468. The summed E-state index contributed by atoms with van der Waals surface area (Å²) in [7, 11) is 0. The van der Waals surface area contributed by atoms with E-state index in [4.69, 9.17) is 5.73 Å². The van der Waals surface area contributed by atoms with Crippen molar-refractivity contribution < 1.29 is 0 Å². The van der Waals surface area contributed by atoms with Gasteiger partial charge in [0.15, 0.2) is 0 Å². The zero-order valence-electron chi connectivity index (χ0n) is 10.0. The average Bonchev–Trinajstić information content (AvgIpc) is 2.40. The molecule has 3 heteroatoms. The second-order valence-electron chi connectivity index (χ2n) is 4.09. The van der Waals surface area contributed by atoms with Gasteiger partial charge in [-0.1, -0.05) is 6.92 Å². The second-order valence-corrected chi connectivity index (χ2v) is 4.09. The van der Waals surface area contributed by atoms with Crippen molar-refractivity contribution in [2.45, 2.75) is 25.8 Å². The molecule has 2 aromatic heterocycles. The van der Waals surface area contributed by atoms with E-state index in [1.165, 1.54) is 16.7 Å². The predicted octanol–water partition coefficient (Wildman–Crippen LogP) is 2.28. The van der Waals surface area contributed by atoms with Gasteiger partial charge in [-0.2, -0.15) is 0 Å². The molecule has 0 aliphatic heterocycles. The fraction of sp³-hybridized carbons (Fsp3) is 0.286. The maximum atomic E-state index is 6.26. The van der Waals surface area contributed by atoms with Crippen LogP contribution in [0.15, 0.2) is 43.0 Å². The number of pyridine rings is 2. The van der Waals surface area contributed by atoms with Gasteiger partial charge in [-0.05, 0) is 47.7 Å². The molecular weight excluding hydrogens is 210 g/mol. The van der Waals surface area contributed by atoms with Gasteiger partial charge >= 0.3 is 0 Å². The second kappa shape index (κ2) is 5.55. The number of rotatable bonds is 4. The molecule has 1 unspecified atom stereocenters. The van der Waals surface area contributed by atoms with Crippen LogP contribution in [0.3, 0.4) is 0 Å². The van der Waals surface area contributed by atoms with Gasteiger partial charge in [0.2, 0.25) is 0 Å². The van der Waals surface area contributed by atoms with E-state index < -0.39 is 0 Å². The van der Waals surface area contributed by atoms with E-state index in [0.717, 1.165) is 12.8 Å². The van der Waals surface area contributed by atoms with E-state index in [0.29, 0.717) is 0 Å². The Morgan fingerprint density at radius 3 is 2.53 bits per heavy atom. The molecule has 0 saturated carbocycles. The first-order chi connectivity index (χ1) is 8.31. The largest absolute Gasteiger partial charge is 0.324 e. The van der Waals surface area contributed by atoms with Crippen molar-refractivity contribution >= 4 is 0 Å². The van der Waals surface area contributed by atoms with Gasteiger partial charge in [-0.3, -0.25) is 9.97 Å². The van der Waals surface area contributed by atoms with Crippen molar-refractivity contribution in [1.82, 2.24) is 9.97 Å². The van der Waals surface area contributed by atoms with E-state index >= 15 is 0 Å². The predicted molar refractivity (Wildman–Crippen MR) is 68.5 cm³/mol. The molecule has 3 nitrogen and oxygen atoms in total. The quantitative estimate of drug-likeness (QED) is 0.871. The van der Waals surface area contributed by atoms with Crippen molar-refractivity contribution in [2.24, 2.45) is 5.73 Å². The third-order valence-electron chi connectivity index (χ3n) is 2.93. The number of aryl methyl sites for hydroxylation is 1. The first-order valence-corrected chi connectivity index (χ1v) is 5.88. The summed E-state index contributed by atoms with van der Waals surface area (Å²) in [5, 5.41) is 0. The van der Waals surface area contributed by atoms with E-state index in [-0.39, 0.29) is 6.04 Å². The molecule has 2 rings (SSSR count). The summed E-state index contributed by atoms with van der Waals surface area (Å²) in [5.41, 5.74) is 9.89. The van der Waals surface area contributed by atoms with Crippen molar-refractivity contribution in [3.8, 4) is 0 Å². The number of hydrogen-bond donors (Lipinski definition) is 1. The molecule has 2 heterocycles. The standard InChI is InChI=1S/C14H17N3/c1-2-12-10-17-8-5-13(12)14(15)9-11-3-6-16-7-4-11/h3-8,10,14H,2,9,15H2,1H3. The Hall–Kier alpha value is -1.74. The summed E-state index contributed by atoms with van der Waals surface area (Å²) in [4.78, 5) is 8.15. The molecular formula is C14H17N3. The molecule has 2 aromatic rings. The smallest absolute Gasteiger partial charge is 0.0339 e. The molecule has 0 amide bonds. The van der Waals surface area contributed by atoms with Gasteiger partial charge in [-0.25, -0.2) is 0 Å². The summed E-state index contributed by atoms with van der Waals surface area (Å²) in [6.45, 7) is 2.12. The fourth-order valence-corrected chi connectivity index (χ4v) is 1.98. The zero-order chi connectivity index (χ0) is 12.1. The van der Waals surface area contributed by atoms with Gasteiger partial charge in [0.05, 0.1) is 0 Å². The lowest BCUT2D eigenvalue weighted by Crippen LogP contribution is -2.15. The topological polar surface area (TPSA) is 51.8 Å². The van der Waals surface area contributed by atoms with Crippen LogP contribution in [-0.4, -0.2) is 9.97 Å². The third-order valence-corrected chi connectivity index (χ3v) is 2.93. The summed E-state index contributed by atoms with van der Waals surface area (Å²) < 4.78 is 0. The van der Waals surface area contributed by atoms with E-state index in [1.54, 1.807) is 18.6 Å². The molecule has 1 atom stereocenters. The summed E-state index contributed by atoms with van der Waals surface area (Å²) in [6.07, 6.45) is 9.11. The van der Waals surface area contributed by atoms with Crippen molar-refractivity contribution in [2.75, 3.05) is 0 Å². The molecule has 0 aromatic carbocycles. The first-order valence-electron chi connectivity index (χ1n) is 5.88. The van der Waals surface area contributed by atoms with E-state index in [9.17, 15) is 0 Å². The van der Waals surface area contributed by atoms with E-state index in [2.05, 4.69) is 16.9 Å². The normalized spacial score (nSPS) is 12.4. The molecule has 0 spiro atoms. The van der Waals surface area contributed by atoms with E-state index in [1.807, 2.05) is 24.4 Å². The summed E-state index contributed by atoms with van der Waals surface area (Å²) in [5.74, 6) is 0. The lowest BCUT2D eigenvalue weighted by molar-refractivity contribution is 0.709. The van der Waals surface area contributed by atoms with Gasteiger partial charge in [0.25, 0.3) is 0 Å². The Morgan fingerprint density at radius 2 is 1.82 bits per heavy atom. The minimum atomic E-state index is 0.0235. The summed E-state index contributed by atoms with van der Waals surface area (Å²) >= 11 is 0. The molecule has 17 heavy (non-hydrogen) atoms. The molecule has 0 fully saturated rings. The van der Waals surface area contributed by atoms with Crippen molar-refractivity contribution in [3.63, 3.8) is 0 Å². The number of nitrogens with zero attached hydrogens (tertiary/aromatic N) is 2. The van der Waals surface area contributed by atoms with Crippen LogP contribution in [-0.2, 0) is 12.8 Å². The molecule has 0 bridgehead atoms. The fourth-order valence-electron chi connectivity index (χ4n) is 1.98. The Morgan fingerprint density at radius 1 is 1.12 bits per heavy atom. The van der Waals surface area contributed by atoms with Crippen LogP contribution in [0.1, 0.15) is 29.7 Å². The molecule has 0 aliphatic carbocycles. The van der Waals surface area contributed by atoms with Crippen LogP contribution < -0.4 is 5.73 Å². The average molecular weight is 227 g/mol. The Kier molecular flexibility index (Phi) is 3.83. The molecule has 2 N–H and O–H groups in total. The lowest BCUT2D eigenvalue weighted by Gasteiger charge is -2.15. The highest BCUT2D eigenvalue weighted by Crippen LogP contribution is 2.19. The van der Waals surface area contributed by atoms with Crippen molar-refractivity contribution in [3.05, 3.63) is 59.7 Å². The highest BCUT2D eigenvalue weighted by Gasteiger charge is 2.10. The van der Waals surface area contributed by atoms with Crippen molar-refractivity contribution in [1.29, 1.82) is 0 Å². The SMILES string of the molecule is CCc1cnccc1C(N)Cc1ccncc1. The minimum Gasteiger partial charge on any atom is -0.324 e. The van der Waals surface area contributed by atoms with Gasteiger partial charge in [0.1, 0.15) is 0 Å². The number of aromatic nitrogens is 2. The highest BCUT2D eigenvalue weighted by atomic mass is 14.7. The highest BCUT2D eigenvalue weighted by molar-refractivity contribution is 5.28. The number of hydrogen-bond acceptors (Lipinski definition) is 3. The Labute approximate surface area is 102 Å². The molecule has 0 saturated heterocycles. The van der Waals surface area contributed by atoms with Crippen LogP contribution in [0, 0.1) is 0 Å². The maximum absolute atomic E-state index is 6.26. The van der Waals surface area contributed by atoms with Crippen LogP contribution >= 0.6 is 0 Å². The van der Waals surface area contributed by atoms with Gasteiger partial charge in [-0.15, -0.1) is 0 Å². The lowest BCUT2D eigenvalue weighted by atomic mass is 9.96. The monoisotopic (exact) mass is 227 g/mol. The summed E-state index contributed by atoms with van der Waals surface area (Å²) in [6, 6.07) is 6.06. The molecule has 0 radical (unpaired) electrons. The maximum Gasteiger partial charge on any atom is 0.0339 e. The Balaban J connectivity index is 2.17. The zero-order valence-corrected chi connectivity index (χ0v) is 10.0.